The monoisotopic (exact) mass is 340 g/mol. The van der Waals surface area contributed by atoms with Crippen LogP contribution in [0.25, 0.3) is 0 Å². The first kappa shape index (κ1) is 17.3. The van der Waals surface area contributed by atoms with Crippen molar-refractivity contribution in [2.75, 3.05) is 25.0 Å². The number of primary amides is 1. The van der Waals surface area contributed by atoms with Gasteiger partial charge in [-0.05, 0) is 50.8 Å². The molecule has 3 rings (SSSR count). The van der Waals surface area contributed by atoms with Crippen molar-refractivity contribution in [3.05, 3.63) is 42.0 Å². The molecule has 1 atom stereocenters. The maximum atomic E-state index is 11.1. The van der Waals surface area contributed by atoms with Crippen LogP contribution in [0.1, 0.15) is 24.2 Å². The van der Waals surface area contributed by atoms with Gasteiger partial charge >= 0.3 is 0 Å². The van der Waals surface area contributed by atoms with Crippen molar-refractivity contribution in [2.45, 2.75) is 26.2 Å². The molecule has 1 aliphatic heterocycles. The minimum atomic E-state index is -0.264. The van der Waals surface area contributed by atoms with Crippen LogP contribution < -0.4 is 11.1 Å². The third-order valence-corrected chi connectivity index (χ3v) is 4.35. The number of hydrogen-bond donors (Lipinski definition) is 2. The van der Waals surface area contributed by atoms with Gasteiger partial charge in [0.2, 0.25) is 5.91 Å². The lowest BCUT2D eigenvalue weighted by molar-refractivity contribution is -0.119. The summed E-state index contributed by atoms with van der Waals surface area (Å²) in [5.41, 5.74) is 7.26. The number of nitrogens with one attached hydrogen (secondary N) is 1. The van der Waals surface area contributed by atoms with Crippen LogP contribution >= 0.6 is 0 Å². The zero-order valence-corrected chi connectivity index (χ0v) is 14.5. The van der Waals surface area contributed by atoms with Crippen LogP contribution in [0.15, 0.2) is 30.6 Å². The lowest BCUT2D eigenvalue weighted by Crippen LogP contribution is -2.41. The number of carbonyl (C=O) groups is 1. The molecule has 0 saturated carbocycles. The summed E-state index contributed by atoms with van der Waals surface area (Å²) in [6.07, 6.45) is 4.67. The van der Waals surface area contributed by atoms with Gasteiger partial charge in [0.05, 0.1) is 6.54 Å². The van der Waals surface area contributed by atoms with E-state index in [1.807, 2.05) is 31.2 Å². The molecule has 0 aromatic carbocycles. The molecule has 2 aromatic heterocycles. The van der Waals surface area contributed by atoms with E-state index in [-0.39, 0.29) is 5.91 Å². The number of piperidine rings is 1. The summed E-state index contributed by atoms with van der Waals surface area (Å²) in [4.78, 5) is 26.4. The van der Waals surface area contributed by atoms with Gasteiger partial charge in [-0.3, -0.25) is 9.69 Å². The lowest BCUT2D eigenvalue weighted by atomic mass is 9.93. The Morgan fingerprint density at radius 2 is 2.24 bits per heavy atom. The molecular formula is C18H24N6O. The molecule has 0 radical (unpaired) electrons. The highest BCUT2D eigenvalue weighted by atomic mass is 16.1. The number of nitrogens with zero attached hydrogens (tertiary/aromatic N) is 4. The van der Waals surface area contributed by atoms with E-state index in [1.165, 1.54) is 0 Å². The second kappa shape index (κ2) is 8.02. The van der Waals surface area contributed by atoms with Gasteiger partial charge in [-0.15, -0.1) is 0 Å². The molecule has 1 fully saturated rings. The summed E-state index contributed by atoms with van der Waals surface area (Å²) in [6.45, 7) is 4.12. The number of hydrogen-bond acceptors (Lipinski definition) is 6. The molecule has 0 aliphatic carbocycles. The summed E-state index contributed by atoms with van der Waals surface area (Å²) in [6, 6.07) is 7.80. The highest BCUT2D eigenvalue weighted by molar-refractivity contribution is 5.75. The van der Waals surface area contributed by atoms with Crippen LogP contribution in [0, 0.1) is 12.8 Å². The topological polar surface area (TPSA) is 97.0 Å². The zero-order valence-electron chi connectivity index (χ0n) is 14.5. The highest BCUT2D eigenvalue weighted by Gasteiger charge is 2.21. The summed E-state index contributed by atoms with van der Waals surface area (Å²) in [5, 5.41) is 3.22. The molecule has 132 valence electrons. The molecule has 1 saturated heterocycles. The van der Waals surface area contributed by atoms with Crippen molar-refractivity contribution in [1.29, 1.82) is 0 Å². The van der Waals surface area contributed by atoms with E-state index in [0.717, 1.165) is 55.4 Å². The van der Waals surface area contributed by atoms with Crippen LogP contribution in [0.2, 0.25) is 0 Å². The predicted octanol–water partition coefficient (Wildman–Crippen LogP) is 1.66. The molecule has 25 heavy (non-hydrogen) atoms. The van der Waals surface area contributed by atoms with E-state index in [0.29, 0.717) is 12.5 Å². The molecule has 1 aliphatic rings. The Bertz CT molecular complexity index is 735. The van der Waals surface area contributed by atoms with E-state index < -0.39 is 0 Å². The first-order valence-electron chi connectivity index (χ1n) is 8.61. The average Bonchev–Trinajstić information content (AvgIpc) is 2.55. The number of nitrogens with two attached hydrogens (primary N) is 1. The quantitative estimate of drug-likeness (QED) is 0.830. The third kappa shape index (κ3) is 5.22. The van der Waals surface area contributed by atoms with Crippen molar-refractivity contribution >= 4 is 17.5 Å². The number of aryl methyl sites for hydroxylation is 1. The molecule has 0 bridgehead atoms. The van der Waals surface area contributed by atoms with Gasteiger partial charge in [0.15, 0.2) is 0 Å². The fourth-order valence-electron chi connectivity index (χ4n) is 3.30. The summed E-state index contributed by atoms with van der Waals surface area (Å²) >= 11 is 0. The van der Waals surface area contributed by atoms with Crippen LogP contribution in [0.3, 0.4) is 0 Å². The number of likely N-dealkylation sites (tertiary alicyclic amines) is 1. The fourth-order valence-corrected chi connectivity index (χ4v) is 3.30. The molecule has 3 N–H and O–H groups in total. The maximum absolute atomic E-state index is 11.1. The van der Waals surface area contributed by atoms with Gasteiger partial charge in [0.25, 0.3) is 0 Å². The number of rotatable bonds is 6. The van der Waals surface area contributed by atoms with Gasteiger partial charge in [-0.1, -0.05) is 6.07 Å². The largest absolute Gasteiger partial charge is 0.369 e. The van der Waals surface area contributed by atoms with E-state index in [1.54, 1.807) is 6.33 Å². The van der Waals surface area contributed by atoms with Crippen LogP contribution in [-0.4, -0.2) is 45.4 Å². The Kier molecular flexibility index (Phi) is 5.55. The molecule has 2 aromatic rings. The molecular weight excluding hydrogens is 316 g/mol. The maximum Gasteiger partial charge on any atom is 0.231 e. The van der Waals surface area contributed by atoms with Gasteiger partial charge in [-0.25, -0.2) is 15.0 Å². The summed E-state index contributed by atoms with van der Waals surface area (Å²) in [5.74, 6) is 1.73. The molecule has 3 heterocycles. The van der Waals surface area contributed by atoms with E-state index in [9.17, 15) is 4.79 Å². The number of amides is 1. The van der Waals surface area contributed by atoms with Crippen LogP contribution in [-0.2, 0) is 11.2 Å². The molecule has 7 heteroatoms. The Balaban J connectivity index is 1.62. The molecule has 7 nitrogen and oxygen atoms in total. The number of pyridine rings is 1. The standard InChI is InChI=1S/C18H24N6O/c1-13-4-2-6-17(22-13)23-18-9-15(20-12-21-18)8-14-5-3-7-24(10-14)11-16(19)25/h2,4,6,9,12,14H,3,5,7-8,10-11H2,1H3,(H2,19,25)(H,20,21,22,23)/t14-/m1/s1. The Morgan fingerprint density at radius 1 is 1.36 bits per heavy atom. The van der Waals surface area contributed by atoms with E-state index >= 15 is 0 Å². The SMILES string of the molecule is Cc1cccc(Nc2cc(C[C@H]3CCCN(CC(N)=O)C3)ncn2)n1. The second-order valence-corrected chi connectivity index (χ2v) is 6.60. The number of carbonyl (C=O) groups excluding carboxylic acids is 1. The fraction of sp³-hybridized carbons (Fsp3) is 0.444. The smallest absolute Gasteiger partial charge is 0.231 e. The minimum absolute atomic E-state index is 0.264. The average molecular weight is 340 g/mol. The van der Waals surface area contributed by atoms with Crippen molar-refractivity contribution < 1.29 is 4.79 Å². The van der Waals surface area contributed by atoms with Gasteiger partial charge < -0.3 is 11.1 Å². The highest BCUT2D eigenvalue weighted by Crippen LogP contribution is 2.21. The van der Waals surface area contributed by atoms with Crippen LogP contribution in [0.4, 0.5) is 11.6 Å². The van der Waals surface area contributed by atoms with Crippen LogP contribution in [0.5, 0.6) is 0 Å². The predicted molar refractivity (Wildman–Crippen MR) is 96.4 cm³/mol. The lowest BCUT2D eigenvalue weighted by Gasteiger charge is -2.31. The summed E-state index contributed by atoms with van der Waals surface area (Å²) < 4.78 is 0. The van der Waals surface area contributed by atoms with Crippen molar-refractivity contribution in [1.82, 2.24) is 19.9 Å². The zero-order chi connectivity index (χ0) is 17.6. The molecule has 1 amide bonds. The Morgan fingerprint density at radius 3 is 3.04 bits per heavy atom. The van der Waals surface area contributed by atoms with Gasteiger partial charge in [0.1, 0.15) is 18.0 Å². The van der Waals surface area contributed by atoms with Crippen molar-refractivity contribution in [3.8, 4) is 0 Å². The Labute approximate surface area is 147 Å². The normalized spacial score (nSPS) is 18.0. The van der Waals surface area contributed by atoms with E-state index in [4.69, 9.17) is 5.73 Å². The first-order valence-corrected chi connectivity index (χ1v) is 8.61. The third-order valence-electron chi connectivity index (χ3n) is 4.35. The van der Waals surface area contributed by atoms with E-state index in [2.05, 4.69) is 25.2 Å². The minimum Gasteiger partial charge on any atom is -0.369 e. The van der Waals surface area contributed by atoms with Crippen molar-refractivity contribution in [3.63, 3.8) is 0 Å². The van der Waals surface area contributed by atoms with Gasteiger partial charge in [-0.2, -0.15) is 0 Å². The van der Waals surface area contributed by atoms with Gasteiger partial charge in [0, 0.05) is 24.0 Å². The Hall–Kier alpha value is -2.54. The van der Waals surface area contributed by atoms with Crippen molar-refractivity contribution in [2.24, 2.45) is 11.7 Å². The molecule has 0 unspecified atom stereocenters. The number of aromatic nitrogens is 3. The molecule has 0 spiro atoms. The first-order chi connectivity index (χ1) is 12.1. The second-order valence-electron chi connectivity index (χ2n) is 6.60. The number of anilines is 2. The summed E-state index contributed by atoms with van der Waals surface area (Å²) in [7, 11) is 0.